The first-order chi connectivity index (χ1) is 8.31. The zero-order chi connectivity index (χ0) is 13.5. The van der Waals surface area contributed by atoms with Crippen molar-refractivity contribution in [1.29, 1.82) is 0 Å². The highest BCUT2D eigenvalue weighted by Gasteiger charge is 2.33. The third-order valence-corrected chi connectivity index (χ3v) is 5.05. The molecule has 0 saturated heterocycles. The molecule has 0 radical (unpaired) electrons. The van der Waals surface area contributed by atoms with E-state index in [1.807, 2.05) is 13.0 Å². The van der Waals surface area contributed by atoms with Crippen molar-refractivity contribution in [3.8, 4) is 0 Å². The SMILES string of the molecule is Cc1ccc(C)c2c1NC(CC(=O)O)CS2(=O)=O. The number of carboxylic acid groups (broad SMARTS) is 1. The Balaban J connectivity index is 2.53. The van der Waals surface area contributed by atoms with Crippen molar-refractivity contribution >= 4 is 21.5 Å². The van der Waals surface area contributed by atoms with E-state index in [-0.39, 0.29) is 12.2 Å². The lowest BCUT2D eigenvalue weighted by Gasteiger charge is -2.28. The Morgan fingerprint density at radius 2 is 2.00 bits per heavy atom. The quantitative estimate of drug-likeness (QED) is 0.846. The van der Waals surface area contributed by atoms with Crippen LogP contribution < -0.4 is 5.32 Å². The summed E-state index contributed by atoms with van der Waals surface area (Å²) >= 11 is 0. The van der Waals surface area contributed by atoms with Gasteiger partial charge in [0.25, 0.3) is 0 Å². The van der Waals surface area contributed by atoms with Gasteiger partial charge in [0, 0.05) is 0 Å². The maximum Gasteiger partial charge on any atom is 0.305 e. The van der Waals surface area contributed by atoms with Crippen molar-refractivity contribution in [2.45, 2.75) is 31.2 Å². The predicted octanol–water partition coefficient (Wildman–Crippen LogP) is 1.35. The number of hydrogen-bond acceptors (Lipinski definition) is 4. The van der Waals surface area contributed by atoms with E-state index >= 15 is 0 Å². The summed E-state index contributed by atoms with van der Waals surface area (Å²) in [4.78, 5) is 11.0. The van der Waals surface area contributed by atoms with Gasteiger partial charge >= 0.3 is 5.97 Å². The van der Waals surface area contributed by atoms with Crippen molar-refractivity contribution in [3.05, 3.63) is 23.3 Å². The highest BCUT2D eigenvalue weighted by Crippen LogP contribution is 2.34. The molecule has 1 aromatic rings. The normalized spacial score (nSPS) is 20.9. The molecule has 1 atom stereocenters. The molecule has 1 unspecified atom stereocenters. The zero-order valence-corrected chi connectivity index (χ0v) is 11.0. The van der Waals surface area contributed by atoms with Crippen LogP contribution >= 0.6 is 0 Å². The summed E-state index contributed by atoms with van der Waals surface area (Å²) in [5, 5.41) is 11.8. The third-order valence-electron chi connectivity index (χ3n) is 3.06. The number of rotatable bonds is 2. The molecule has 5 nitrogen and oxygen atoms in total. The van der Waals surface area contributed by atoms with Crippen molar-refractivity contribution in [2.24, 2.45) is 0 Å². The van der Waals surface area contributed by atoms with Gasteiger partial charge in [0.1, 0.15) is 0 Å². The smallest absolute Gasteiger partial charge is 0.305 e. The molecule has 18 heavy (non-hydrogen) atoms. The van der Waals surface area contributed by atoms with Crippen LogP contribution in [0, 0.1) is 13.8 Å². The summed E-state index contributed by atoms with van der Waals surface area (Å²) in [6, 6.07) is 3.03. The molecule has 1 aromatic carbocycles. The van der Waals surface area contributed by atoms with Crippen LogP contribution in [-0.2, 0) is 14.6 Å². The van der Waals surface area contributed by atoms with Crippen LogP contribution in [0.25, 0.3) is 0 Å². The zero-order valence-electron chi connectivity index (χ0n) is 10.2. The summed E-state index contributed by atoms with van der Waals surface area (Å²) < 4.78 is 24.4. The molecular weight excluding hydrogens is 254 g/mol. The van der Waals surface area contributed by atoms with Gasteiger partial charge in [-0.05, 0) is 25.0 Å². The number of sulfone groups is 1. The molecule has 2 N–H and O–H groups in total. The fourth-order valence-corrected chi connectivity index (χ4v) is 4.27. The van der Waals surface area contributed by atoms with E-state index < -0.39 is 21.8 Å². The molecule has 0 aromatic heterocycles. The van der Waals surface area contributed by atoms with Gasteiger partial charge in [-0.3, -0.25) is 4.79 Å². The summed E-state index contributed by atoms with van der Waals surface area (Å²) in [6.07, 6.45) is -0.202. The Labute approximate surface area is 106 Å². The standard InChI is InChI=1S/C12H15NO4S/c1-7-3-4-8(2)12-11(7)13-9(5-10(14)15)6-18(12,16)17/h3-4,9,13H,5-6H2,1-2H3,(H,14,15). The molecule has 1 aliphatic heterocycles. The van der Waals surface area contributed by atoms with Crippen molar-refractivity contribution in [1.82, 2.24) is 0 Å². The molecule has 0 saturated carbocycles. The molecular formula is C12H15NO4S. The number of carboxylic acids is 1. The lowest BCUT2D eigenvalue weighted by Crippen LogP contribution is -2.36. The monoisotopic (exact) mass is 269 g/mol. The Kier molecular flexibility index (Phi) is 3.06. The lowest BCUT2D eigenvalue weighted by molar-refractivity contribution is -0.137. The highest BCUT2D eigenvalue weighted by atomic mass is 32.2. The van der Waals surface area contributed by atoms with Gasteiger partial charge in [-0.25, -0.2) is 8.42 Å². The van der Waals surface area contributed by atoms with Crippen LogP contribution in [0.3, 0.4) is 0 Å². The molecule has 0 aliphatic carbocycles. The van der Waals surface area contributed by atoms with Gasteiger partial charge in [0.2, 0.25) is 0 Å². The Morgan fingerprint density at radius 3 is 2.61 bits per heavy atom. The van der Waals surface area contributed by atoms with E-state index in [2.05, 4.69) is 5.32 Å². The van der Waals surface area contributed by atoms with E-state index in [0.717, 1.165) is 5.56 Å². The number of nitrogens with one attached hydrogen (secondary N) is 1. The summed E-state index contributed by atoms with van der Waals surface area (Å²) in [5.41, 5.74) is 2.05. The van der Waals surface area contributed by atoms with Crippen LogP contribution in [0.1, 0.15) is 17.5 Å². The minimum atomic E-state index is -3.42. The van der Waals surface area contributed by atoms with Crippen LogP contribution in [0.15, 0.2) is 17.0 Å². The van der Waals surface area contributed by atoms with Gasteiger partial charge < -0.3 is 10.4 Å². The maximum absolute atomic E-state index is 12.2. The fraction of sp³-hybridized carbons (Fsp3) is 0.417. The number of hydrogen-bond donors (Lipinski definition) is 2. The molecule has 2 rings (SSSR count). The lowest BCUT2D eigenvalue weighted by atomic mass is 10.1. The highest BCUT2D eigenvalue weighted by molar-refractivity contribution is 7.91. The van der Waals surface area contributed by atoms with E-state index in [9.17, 15) is 13.2 Å². The summed E-state index contributed by atoms with van der Waals surface area (Å²) in [7, 11) is -3.42. The van der Waals surface area contributed by atoms with E-state index in [4.69, 9.17) is 5.11 Å². The van der Waals surface area contributed by atoms with Crippen LogP contribution in [-0.4, -0.2) is 31.3 Å². The van der Waals surface area contributed by atoms with Crippen molar-refractivity contribution < 1.29 is 18.3 Å². The summed E-state index contributed by atoms with van der Waals surface area (Å²) in [6.45, 7) is 3.55. The van der Waals surface area contributed by atoms with Gasteiger partial charge in [0.05, 0.1) is 28.8 Å². The van der Waals surface area contributed by atoms with Gasteiger partial charge in [0.15, 0.2) is 9.84 Å². The minimum absolute atomic E-state index is 0.170. The van der Waals surface area contributed by atoms with Crippen LogP contribution in [0.2, 0.25) is 0 Å². The molecule has 98 valence electrons. The van der Waals surface area contributed by atoms with Crippen molar-refractivity contribution in [2.75, 3.05) is 11.1 Å². The second-order valence-corrected chi connectivity index (χ2v) is 6.60. The van der Waals surface area contributed by atoms with Gasteiger partial charge in [-0.1, -0.05) is 12.1 Å². The Morgan fingerprint density at radius 1 is 1.39 bits per heavy atom. The van der Waals surface area contributed by atoms with E-state index in [1.165, 1.54) is 0 Å². The molecule has 6 heteroatoms. The van der Waals surface area contributed by atoms with Gasteiger partial charge in [-0.15, -0.1) is 0 Å². The first-order valence-electron chi connectivity index (χ1n) is 5.62. The molecule has 1 aliphatic rings. The van der Waals surface area contributed by atoms with E-state index in [0.29, 0.717) is 16.1 Å². The molecule has 1 heterocycles. The molecule has 0 bridgehead atoms. The Hall–Kier alpha value is -1.56. The largest absolute Gasteiger partial charge is 0.481 e. The molecule has 0 amide bonds. The second kappa shape index (κ2) is 4.28. The Bertz CT molecular complexity index is 607. The predicted molar refractivity (Wildman–Crippen MR) is 67.6 cm³/mol. The number of carbonyl (C=O) groups is 1. The second-order valence-electron chi connectivity index (χ2n) is 4.62. The van der Waals surface area contributed by atoms with Crippen LogP contribution in [0.5, 0.6) is 0 Å². The number of benzene rings is 1. The minimum Gasteiger partial charge on any atom is -0.481 e. The first-order valence-corrected chi connectivity index (χ1v) is 7.28. The topological polar surface area (TPSA) is 83.5 Å². The number of anilines is 1. The van der Waals surface area contributed by atoms with E-state index in [1.54, 1.807) is 13.0 Å². The third kappa shape index (κ3) is 2.20. The van der Waals surface area contributed by atoms with Gasteiger partial charge in [-0.2, -0.15) is 0 Å². The summed E-state index contributed by atoms with van der Waals surface area (Å²) in [5.74, 6) is -1.17. The maximum atomic E-state index is 12.2. The average Bonchev–Trinajstić information content (AvgIpc) is 2.20. The van der Waals surface area contributed by atoms with Crippen molar-refractivity contribution in [3.63, 3.8) is 0 Å². The van der Waals surface area contributed by atoms with Crippen LogP contribution in [0.4, 0.5) is 5.69 Å². The average molecular weight is 269 g/mol. The fourth-order valence-electron chi connectivity index (χ4n) is 2.28. The number of aryl methyl sites for hydroxylation is 2. The first kappa shape index (κ1) is 12.9. The molecule has 0 fully saturated rings. The number of aliphatic carboxylic acids is 1. The number of fused-ring (bicyclic) bond motifs is 1. The molecule has 0 spiro atoms.